The smallest absolute Gasteiger partial charge is 0.407 e. The molecule has 0 aromatic heterocycles. The number of alkyl carbamates (subject to hydrolysis) is 1. The van der Waals surface area contributed by atoms with Crippen molar-refractivity contribution in [1.82, 2.24) is 10.6 Å². The summed E-state index contributed by atoms with van der Waals surface area (Å²) in [6.07, 6.45) is 4.48. The second-order valence-electron chi connectivity index (χ2n) is 9.30. The number of amides is 2. The van der Waals surface area contributed by atoms with Gasteiger partial charge >= 0.3 is 12.1 Å². The molecule has 184 valence electrons. The first kappa shape index (κ1) is 24.5. The Morgan fingerprint density at radius 3 is 2.34 bits per heavy atom. The van der Waals surface area contributed by atoms with Crippen molar-refractivity contribution in [2.75, 3.05) is 6.61 Å². The van der Waals surface area contributed by atoms with Crippen LogP contribution in [0.25, 0.3) is 11.1 Å². The molecule has 7 heteroatoms. The average molecular weight is 477 g/mol. The Kier molecular flexibility index (Phi) is 7.85. The summed E-state index contributed by atoms with van der Waals surface area (Å²) in [4.78, 5) is 37.0. The van der Waals surface area contributed by atoms with Crippen molar-refractivity contribution in [3.05, 3.63) is 72.3 Å². The predicted octanol–water partition coefficient (Wildman–Crippen LogP) is 4.62. The summed E-state index contributed by atoms with van der Waals surface area (Å²) in [6.45, 7) is 3.87. The van der Waals surface area contributed by atoms with Crippen LogP contribution in [-0.2, 0) is 14.3 Å². The number of allylic oxidation sites excluding steroid dienone is 1. The first-order chi connectivity index (χ1) is 17.0. The van der Waals surface area contributed by atoms with Gasteiger partial charge in [0.15, 0.2) is 0 Å². The number of carbonyl (C=O) groups is 3. The number of benzene rings is 2. The zero-order chi connectivity index (χ0) is 24.8. The van der Waals surface area contributed by atoms with Crippen molar-refractivity contribution < 1.29 is 24.2 Å². The number of hydrogen-bond acceptors (Lipinski definition) is 4. The van der Waals surface area contributed by atoms with Crippen LogP contribution in [0.4, 0.5) is 4.79 Å². The number of carbonyl (C=O) groups excluding carboxylic acids is 2. The van der Waals surface area contributed by atoms with Crippen LogP contribution < -0.4 is 10.6 Å². The normalized spacial score (nSPS) is 19.7. The van der Waals surface area contributed by atoms with Gasteiger partial charge in [0.05, 0.1) is 5.92 Å². The third-order valence-electron chi connectivity index (χ3n) is 6.98. The molecule has 2 aromatic carbocycles. The SMILES string of the molecule is C=CCCC(NC(=O)OCC1c2ccccc2-c2ccccc21)C(=O)NC1CCCC(C(=O)O)C1. The van der Waals surface area contributed by atoms with E-state index in [1.807, 2.05) is 24.3 Å². The Bertz CT molecular complexity index is 1050. The van der Waals surface area contributed by atoms with Crippen LogP contribution in [0.5, 0.6) is 0 Å². The van der Waals surface area contributed by atoms with E-state index in [9.17, 15) is 19.5 Å². The van der Waals surface area contributed by atoms with E-state index in [1.54, 1.807) is 6.08 Å². The molecular formula is C28H32N2O5. The highest BCUT2D eigenvalue weighted by Crippen LogP contribution is 2.44. The standard InChI is InChI=1S/C28H32N2O5/c1-2-3-15-25(26(31)29-19-10-8-9-18(16-19)27(32)33)30-28(34)35-17-24-22-13-6-4-11-20(22)21-12-5-7-14-23(21)24/h2,4-7,11-14,18-19,24-25H,1,3,8-10,15-17H2,(H,29,31)(H,30,34)(H,32,33). The fourth-order valence-electron chi connectivity index (χ4n) is 5.18. The van der Waals surface area contributed by atoms with E-state index in [1.165, 1.54) is 0 Å². The molecule has 0 spiro atoms. The number of fused-ring (bicyclic) bond motifs is 3. The molecule has 2 aliphatic rings. The minimum Gasteiger partial charge on any atom is -0.481 e. The molecule has 3 atom stereocenters. The molecule has 2 aliphatic carbocycles. The van der Waals surface area contributed by atoms with Crippen molar-refractivity contribution >= 4 is 18.0 Å². The molecule has 35 heavy (non-hydrogen) atoms. The van der Waals surface area contributed by atoms with Crippen molar-refractivity contribution in [2.24, 2.45) is 5.92 Å². The summed E-state index contributed by atoms with van der Waals surface area (Å²) >= 11 is 0. The first-order valence-electron chi connectivity index (χ1n) is 12.2. The fraction of sp³-hybridized carbons (Fsp3) is 0.393. The minimum atomic E-state index is -0.830. The predicted molar refractivity (Wildman–Crippen MR) is 133 cm³/mol. The highest BCUT2D eigenvalue weighted by Gasteiger charge is 2.31. The van der Waals surface area contributed by atoms with Gasteiger partial charge in [0, 0.05) is 12.0 Å². The Morgan fingerprint density at radius 2 is 1.71 bits per heavy atom. The van der Waals surface area contributed by atoms with Crippen LogP contribution in [0.1, 0.15) is 55.6 Å². The monoisotopic (exact) mass is 476 g/mol. The summed E-state index contributed by atoms with van der Waals surface area (Å²) < 4.78 is 5.61. The van der Waals surface area contributed by atoms with Crippen LogP contribution in [0.2, 0.25) is 0 Å². The molecule has 3 unspecified atom stereocenters. The van der Waals surface area contributed by atoms with E-state index in [2.05, 4.69) is 41.5 Å². The highest BCUT2D eigenvalue weighted by molar-refractivity contribution is 5.86. The minimum absolute atomic E-state index is 0.0659. The molecule has 7 nitrogen and oxygen atoms in total. The van der Waals surface area contributed by atoms with Gasteiger partial charge in [-0.3, -0.25) is 9.59 Å². The van der Waals surface area contributed by atoms with Gasteiger partial charge in [0.25, 0.3) is 0 Å². The first-order valence-corrected chi connectivity index (χ1v) is 12.2. The maximum absolute atomic E-state index is 13.0. The molecule has 2 aromatic rings. The lowest BCUT2D eigenvalue weighted by Crippen LogP contribution is -2.51. The number of nitrogens with one attached hydrogen (secondary N) is 2. The maximum atomic E-state index is 13.0. The van der Waals surface area contributed by atoms with Gasteiger partial charge in [-0.25, -0.2) is 4.79 Å². The number of aliphatic carboxylic acids is 1. The molecule has 1 fully saturated rings. The van der Waals surface area contributed by atoms with Gasteiger partial charge in [0.2, 0.25) is 5.91 Å². The zero-order valence-corrected chi connectivity index (χ0v) is 19.7. The van der Waals surface area contributed by atoms with E-state index >= 15 is 0 Å². The van der Waals surface area contributed by atoms with Gasteiger partial charge < -0.3 is 20.5 Å². The third kappa shape index (κ3) is 5.73. The molecule has 2 amide bonds. The van der Waals surface area contributed by atoms with Gasteiger partial charge in [0.1, 0.15) is 12.6 Å². The van der Waals surface area contributed by atoms with Gasteiger partial charge in [-0.1, -0.05) is 61.0 Å². The van der Waals surface area contributed by atoms with Gasteiger partial charge in [-0.05, 0) is 54.4 Å². The number of carboxylic acids is 1. The van der Waals surface area contributed by atoms with Crippen LogP contribution in [0, 0.1) is 5.92 Å². The molecule has 1 saturated carbocycles. The lowest BCUT2D eigenvalue weighted by Gasteiger charge is -2.29. The maximum Gasteiger partial charge on any atom is 0.407 e. The van der Waals surface area contributed by atoms with Crippen LogP contribution in [0.15, 0.2) is 61.2 Å². The zero-order valence-electron chi connectivity index (χ0n) is 19.7. The lowest BCUT2D eigenvalue weighted by molar-refractivity contribution is -0.143. The van der Waals surface area contributed by atoms with Crippen LogP contribution >= 0.6 is 0 Å². The molecule has 0 heterocycles. The largest absolute Gasteiger partial charge is 0.481 e. The number of carboxylic acid groups (broad SMARTS) is 1. The van der Waals surface area contributed by atoms with E-state index in [4.69, 9.17) is 4.74 Å². The van der Waals surface area contributed by atoms with Crippen LogP contribution in [0.3, 0.4) is 0 Å². The second kappa shape index (κ2) is 11.2. The molecule has 3 N–H and O–H groups in total. The molecule has 4 rings (SSSR count). The van der Waals surface area contributed by atoms with E-state index in [0.717, 1.165) is 35.1 Å². The summed E-state index contributed by atoms with van der Waals surface area (Å²) in [5.74, 6) is -1.67. The van der Waals surface area contributed by atoms with Gasteiger partial charge in [-0.15, -0.1) is 6.58 Å². The average Bonchev–Trinajstić information content (AvgIpc) is 3.19. The topological polar surface area (TPSA) is 105 Å². The van der Waals surface area contributed by atoms with Gasteiger partial charge in [-0.2, -0.15) is 0 Å². The quantitative estimate of drug-likeness (QED) is 0.458. The van der Waals surface area contributed by atoms with E-state index in [0.29, 0.717) is 25.7 Å². The van der Waals surface area contributed by atoms with Crippen molar-refractivity contribution in [3.8, 4) is 11.1 Å². The number of rotatable bonds is 9. The molecule has 0 aliphatic heterocycles. The summed E-state index contributed by atoms with van der Waals surface area (Å²) in [5.41, 5.74) is 4.53. The third-order valence-corrected chi connectivity index (χ3v) is 6.98. The van der Waals surface area contributed by atoms with Crippen molar-refractivity contribution in [2.45, 2.75) is 56.5 Å². The molecule has 0 radical (unpaired) electrons. The Labute approximate surface area is 205 Å². The van der Waals surface area contributed by atoms with E-state index < -0.39 is 24.0 Å². The second-order valence-corrected chi connectivity index (χ2v) is 9.30. The summed E-state index contributed by atoms with van der Waals surface area (Å²) in [5, 5.41) is 15.0. The fourth-order valence-corrected chi connectivity index (χ4v) is 5.18. The summed E-state index contributed by atoms with van der Waals surface area (Å²) in [7, 11) is 0. The Morgan fingerprint density at radius 1 is 1.06 bits per heavy atom. The Balaban J connectivity index is 1.37. The van der Waals surface area contributed by atoms with Crippen molar-refractivity contribution in [3.63, 3.8) is 0 Å². The molecule has 0 saturated heterocycles. The highest BCUT2D eigenvalue weighted by atomic mass is 16.5. The lowest BCUT2D eigenvalue weighted by atomic mass is 9.85. The van der Waals surface area contributed by atoms with E-state index in [-0.39, 0.29) is 24.5 Å². The molecular weight excluding hydrogens is 444 g/mol. The number of ether oxygens (including phenoxy) is 1. The Hall–Kier alpha value is -3.61. The number of hydrogen-bond donors (Lipinski definition) is 3. The summed E-state index contributed by atoms with van der Waals surface area (Å²) in [6, 6.07) is 15.2. The van der Waals surface area contributed by atoms with Crippen molar-refractivity contribution in [1.29, 1.82) is 0 Å². The molecule has 0 bridgehead atoms. The van der Waals surface area contributed by atoms with Crippen LogP contribution in [-0.4, -0.2) is 41.8 Å².